The Hall–Kier alpha value is -3.74. The van der Waals surface area contributed by atoms with Gasteiger partial charge in [0.05, 0.1) is 17.9 Å². The Bertz CT molecular complexity index is 1400. The first-order chi connectivity index (χ1) is 15.7. The van der Waals surface area contributed by atoms with Gasteiger partial charge in [0.15, 0.2) is 5.65 Å². The molecule has 1 N–H and O–H groups in total. The lowest BCUT2D eigenvalue weighted by molar-refractivity contribution is 0.687. The van der Waals surface area contributed by atoms with Crippen LogP contribution in [0.2, 0.25) is 0 Å². The van der Waals surface area contributed by atoms with Crippen molar-refractivity contribution in [2.24, 2.45) is 13.0 Å². The van der Waals surface area contributed by atoms with Crippen LogP contribution in [-0.2, 0) is 20.0 Å². The molecule has 0 spiro atoms. The number of nitrogens with zero attached hydrogens (tertiary/aromatic N) is 6. The minimum absolute atomic E-state index is 0.571. The van der Waals surface area contributed by atoms with Crippen molar-refractivity contribution < 1.29 is 0 Å². The predicted octanol–water partition coefficient (Wildman–Crippen LogP) is 4.36. The summed E-state index contributed by atoms with van der Waals surface area (Å²) in [6, 6.07) is 16.8. The Kier molecular flexibility index (Phi) is 4.60. The number of aryl methyl sites for hydroxylation is 2. The van der Waals surface area contributed by atoms with Crippen molar-refractivity contribution in [2.45, 2.75) is 31.7 Å². The molecule has 0 amide bonds. The monoisotopic (exact) mass is 423 g/mol. The van der Waals surface area contributed by atoms with E-state index in [0.717, 1.165) is 41.1 Å². The largest absolute Gasteiger partial charge is 0.366 e. The molecule has 1 fully saturated rings. The standard InChI is InChI=1S/C25H25N7/c1-31-16-17(15-28-31)14-26-25-13-20(29-24-10-11-27-32(24)25)8-6-19-12-21(19)23-9-7-18-4-2-3-5-22(18)30-23/h2-5,7,9-11,13,15-16,19,21,26H,6,8,12,14H2,1H3. The number of anilines is 1. The fraction of sp³-hybridized carbons (Fsp3) is 0.280. The predicted molar refractivity (Wildman–Crippen MR) is 124 cm³/mol. The van der Waals surface area contributed by atoms with Gasteiger partial charge in [-0.05, 0) is 37.3 Å². The van der Waals surface area contributed by atoms with Crippen LogP contribution in [0.15, 0.2) is 67.1 Å². The Balaban J connectivity index is 1.14. The molecule has 1 saturated carbocycles. The van der Waals surface area contributed by atoms with Crippen LogP contribution in [0.5, 0.6) is 0 Å². The molecule has 160 valence electrons. The molecule has 32 heavy (non-hydrogen) atoms. The van der Waals surface area contributed by atoms with Crippen molar-refractivity contribution in [3.05, 3.63) is 84.1 Å². The van der Waals surface area contributed by atoms with Crippen LogP contribution in [0.4, 0.5) is 5.82 Å². The molecule has 6 rings (SSSR count). The molecule has 0 saturated heterocycles. The van der Waals surface area contributed by atoms with E-state index in [1.807, 2.05) is 34.7 Å². The van der Waals surface area contributed by atoms with Crippen molar-refractivity contribution in [2.75, 3.05) is 5.32 Å². The number of para-hydroxylation sites is 1. The molecule has 0 bridgehead atoms. The van der Waals surface area contributed by atoms with Crippen molar-refractivity contribution >= 4 is 22.4 Å². The fourth-order valence-corrected chi connectivity index (χ4v) is 4.53. The van der Waals surface area contributed by atoms with Crippen molar-refractivity contribution in [3.8, 4) is 0 Å². The van der Waals surface area contributed by atoms with Crippen LogP contribution in [-0.4, -0.2) is 29.4 Å². The summed E-state index contributed by atoms with van der Waals surface area (Å²) in [4.78, 5) is 9.72. The van der Waals surface area contributed by atoms with Gasteiger partial charge >= 0.3 is 0 Å². The van der Waals surface area contributed by atoms with Gasteiger partial charge in [-0.15, -0.1) is 0 Å². The molecule has 7 heteroatoms. The van der Waals surface area contributed by atoms with E-state index in [4.69, 9.17) is 9.97 Å². The van der Waals surface area contributed by atoms with E-state index < -0.39 is 0 Å². The van der Waals surface area contributed by atoms with Gasteiger partial charge in [0.1, 0.15) is 5.82 Å². The average Bonchev–Trinajstić information content (AvgIpc) is 3.21. The van der Waals surface area contributed by atoms with Gasteiger partial charge < -0.3 is 5.32 Å². The maximum atomic E-state index is 4.90. The van der Waals surface area contributed by atoms with Crippen molar-refractivity contribution in [3.63, 3.8) is 0 Å². The van der Waals surface area contributed by atoms with Gasteiger partial charge in [-0.3, -0.25) is 9.67 Å². The van der Waals surface area contributed by atoms with E-state index in [1.165, 1.54) is 17.5 Å². The molecule has 7 nitrogen and oxygen atoms in total. The molecule has 1 aliphatic carbocycles. The molecular weight excluding hydrogens is 398 g/mol. The number of pyridine rings is 1. The molecule has 0 radical (unpaired) electrons. The molecule has 4 aromatic heterocycles. The van der Waals surface area contributed by atoms with E-state index >= 15 is 0 Å². The summed E-state index contributed by atoms with van der Waals surface area (Å²) in [6.45, 7) is 0.699. The van der Waals surface area contributed by atoms with E-state index in [0.29, 0.717) is 18.4 Å². The Labute approximate surface area is 186 Å². The van der Waals surface area contributed by atoms with Gasteiger partial charge in [0.25, 0.3) is 0 Å². The third kappa shape index (κ3) is 3.70. The quantitative estimate of drug-likeness (QED) is 0.421. The van der Waals surface area contributed by atoms with Gasteiger partial charge in [0.2, 0.25) is 0 Å². The molecule has 1 aromatic carbocycles. The first kappa shape index (κ1) is 19.0. The molecule has 4 heterocycles. The van der Waals surface area contributed by atoms with Gasteiger partial charge in [-0.1, -0.05) is 24.3 Å². The third-order valence-corrected chi connectivity index (χ3v) is 6.34. The molecule has 5 aromatic rings. The van der Waals surface area contributed by atoms with Gasteiger partial charge in [0, 0.05) is 60.2 Å². The lowest BCUT2D eigenvalue weighted by Gasteiger charge is -2.10. The summed E-state index contributed by atoms with van der Waals surface area (Å²) in [5, 5.41) is 13.4. The maximum absolute atomic E-state index is 4.90. The first-order valence-corrected chi connectivity index (χ1v) is 11.1. The minimum atomic E-state index is 0.571. The lowest BCUT2D eigenvalue weighted by atomic mass is 10.1. The zero-order valence-corrected chi connectivity index (χ0v) is 18.0. The van der Waals surface area contributed by atoms with Crippen molar-refractivity contribution in [1.82, 2.24) is 29.4 Å². The molecule has 0 aliphatic heterocycles. The summed E-state index contributed by atoms with van der Waals surface area (Å²) in [5.74, 6) is 2.21. The van der Waals surface area contributed by atoms with Crippen LogP contribution >= 0.6 is 0 Å². The van der Waals surface area contributed by atoms with Crippen LogP contribution in [0, 0.1) is 5.92 Å². The number of benzene rings is 1. The fourth-order valence-electron chi connectivity index (χ4n) is 4.53. The topological polar surface area (TPSA) is 72.9 Å². The van der Waals surface area contributed by atoms with Gasteiger partial charge in [-0.25, -0.2) is 4.98 Å². The maximum Gasteiger partial charge on any atom is 0.157 e. The zero-order valence-electron chi connectivity index (χ0n) is 18.0. The second-order valence-electron chi connectivity index (χ2n) is 8.68. The summed E-state index contributed by atoms with van der Waals surface area (Å²) < 4.78 is 3.67. The zero-order chi connectivity index (χ0) is 21.5. The summed E-state index contributed by atoms with van der Waals surface area (Å²) >= 11 is 0. The lowest BCUT2D eigenvalue weighted by Crippen LogP contribution is -2.07. The summed E-state index contributed by atoms with van der Waals surface area (Å²) in [5.41, 5.74) is 5.43. The second-order valence-corrected chi connectivity index (χ2v) is 8.68. The third-order valence-electron chi connectivity index (χ3n) is 6.34. The van der Waals surface area contributed by atoms with E-state index in [-0.39, 0.29) is 0 Å². The molecule has 2 atom stereocenters. The number of hydrogen-bond donors (Lipinski definition) is 1. The second kappa shape index (κ2) is 7.75. The van der Waals surface area contributed by atoms with E-state index in [1.54, 1.807) is 6.20 Å². The van der Waals surface area contributed by atoms with Crippen LogP contribution in [0.1, 0.15) is 35.7 Å². The Morgan fingerprint density at radius 3 is 2.91 bits per heavy atom. The molecule has 2 unspecified atom stereocenters. The number of hydrogen-bond acceptors (Lipinski definition) is 5. The summed E-state index contributed by atoms with van der Waals surface area (Å²) in [6.07, 6.45) is 8.99. The summed E-state index contributed by atoms with van der Waals surface area (Å²) in [7, 11) is 1.93. The van der Waals surface area contributed by atoms with Crippen LogP contribution < -0.4 is 5.32 Å². The number of rotatable bonds is 7. The van der Waals surface area contributed by atoms with Crippen LogP contribution in [0.25, 0.3) is 16.6 Å². The van der Waals surface area contributed by atoms with E-state index in [2.05, 4.69) is 58.0 Å². The first-order valence-electron chi connectivity index (χ1n) is 11.1. The Morgan fingerprint density at radius 2 is 2.00 bits per heavy atom. The number of fused-ring (bicyclic) bond motifs is 2. The SMILES string of the molecule is Cn1cc(CNc2cc(CCC3CC3c3ccc4ccccc4n3)nc3ccnn23)cn1. The highest BCUT2D eigenvalue weighted by molar-refractivity contribution is 5.78. The number of aromatic nitrogens is 6. The number of nitrogens with one attached hydrogen (secondary N) is 1. The highest BCUT2D eigenvalue weighted by Gasteiger charge is 2.38. The van der Waals surface area contributed by atoms with Crippen LogP contribution in [0.3, 0.4) is 0 Å². The van der Waals surface area contributed by atoms with E-state index in [9.17, 15) is 0 Å². The smallest absolute Gasteiger partial charge is 0.157 e. The van der Waals surface area contributed by atoms with Gasteiger partial charge in [-0.2, -0.15) is 14.7 Å². The van der Waals surface area contributed by atoms with Crippen molar-refractivity contribution in [1.29, 1.82) is 0 Å². The molecular formula is C25H25N7. The Morgan fingerprint density at radius 1 is 1.06 bits per heavy atom. The highest BCUT2D eigenvalue weighted by atomic mass is 15.3. The highest BCUT2D eigenvalue weighted by Crippen LogP contribution is 2.49. The normalized spacial score (nSPS) is 17.8. The average molecular weight is 424 g/mol. The molecule has 1 aliphatic rings. The minimum Gasteiger partial charge on any atom is -0.366 e.